The van der Waals surface area contributed by atoms with Gasteiger partial charge in [0.15, 0.2) is 0 Å². The minimum absolute atomic E-state index is 0.0677. The summed E-state index contributed by atoms with van der Waals surface area (Å²) in [5.74, 6) is 0.0677. The van der Waals surface area contributed by atoms with E-state index in [0.29, 0.717) is 0 Å². The van der Waals surface area contributed by atoms with E-state index in [1.54, 1.807) is 6.92 Å². The summed E-state index contributed by atoms with van der Waals surface area (Å²) in [4.78, 5) is 12.8. The zero-order valence-electron chi connectivity index (χ0n) is 7.48. The fourth-order valence-corrected chi connectivity index (χ4v) is 1.22. The van der Waals surface area contributed by atoms with Crippen molar-refractivity contribution in [1.29, 1.82) is 0 Å². The first-order valence-electron chi connectivity index (χ1n) is 3.99. The van der Waals surface area contributed by atoms with E-state index in [9.17, 15) is 4.79 Å². The Morgan fingerprint density at radius 3 is 2.36 bits per heavy atom. The first-order chi connectivity index (χ1) is 5.07. The fraction of sp³-hybridized carbons (Fsp3) is 0.875. The summed E-state index contributed by atoms with van der Waals surface area (Å²) in [5, 5.41) is 2.85. The molecule has 0 radical (unpaired) electrons. The molecule has 0 aromatic carbocycles. The third-order valence-corrected chi connectivity index (χ3v) is 2.44. The van der Waals surface area contributed by atoms with Crippen molar-refractivity contribution < 1.29 is 4.79 Å². The van der Waals surface area contributed by atoms with E-state index in [1.165, 1.54) is 12.8 Å². The maximum absolute atomic E-state index is 10.6. The molecule has 0 aromatic rings. The zero-order chi connectivity index (χ0) is 8.48. The van der Waals surface area contributed by atoms with Crippen molar-refractivity contribution in [2.45, 2.75) is 25.3 Å². The van der Waals surface area contributed by atoms with Crippen molar-refractivity contribution in [1.82, 2.24) is 10.2 Å². The van der Waals surface area contributed by atoms with Gasteiger partial charge in [0.2, 0.25) is 5.91 Å². The molecule has 64 valence electrons. The lowest BCUT2D eigenvalue weighted by Gasteiger charge is -2.23. The Hall–Kier alpha value is -0.570. The summed E-state index contributed by atoms with van der Waals surface area (Å²) in [6, 6.07) is 0. The molecule has 0 atom stereocenters. The van der Waals surface area contributed by atoms with Crippen molar-refractivity contribution in [3.05, 3.63) is 0 Å². The highest BCUT2D eigenvalue weighted by Crippen LogP contribution is 2.39. The molecule has 1 fully saturated rings. The molecule has 3 nitrogen and oxygen atoms in total. The van der Waals surface area contributed by atoms with Crippen LogP contribution in [0, 0.1) is 0 Å². The van der Waals surface area contributed by atoms with Crippen molar-refractivity contribution in [2.75, 3.05) is 20.6 Å². The van der Waals surface area contributed by atoms with Crippen LogP contribution < -0.4 is 5.32 Å². The minimum atomic E-state index is 0.0677. The van der Waals surface area contributed by atoms with Gasteiger partial charge in [-0.3, -0.25) is 4.79 Å². The van der Waals surface area contributed by atoms with Crippen LogP contribution in [0.4, 0.5) is 0 Å². The van der Waals surface area contributed by atoms with E-state index >= 15 is 0 Å². The zero-order valence-corrected chi connectivity index (χ0v) is 7.48. The van der Waals surface area contributed by atoms with Gasteiger partial charge in [-0.15, -0.1) is 0 Å². The number of carbonyl (C=O) groups is 1. The summed E-state index contributed by atoms with van der Waals surface area (Å²) in [6.07, 6.45) is 2.42. The summed E-state index contributed by atoms with van der Waals surface area (Å²) in [6.45, 7) is 2.36. The maximum atomic E-state index is 10.6. The van der Waals surface area contributed by atoms with Crippen molar-refractivity contribution in [2.24, 2.45) is 0 Å². The number of rotatable bonds is 3. The summed E-state index contributed by atoms with van der Waals surface area (Å²) >= 11 is 0. The molecule has 1 N–H and O–H groups in total. The SMILES string of the molecule is CC(=O)NCC1(N(C)C)CC1. The Labute approximate surface area is 67.8 Å². The van der Waals surface area contributed by atoms with Gasteiger partial charge in [-0.25, -0.2) is 0 Å². The highest BCUT2D eigenvalue weighted by atomic mass is 16.1. The first-order valence-corrected chi connectivity index (χ1v) is 3.99. The predicted octanol–water partition coefficient (Wildman–Crippen LogP) is 0.217. The number of likely N-dealkylation sites (N-methyl/N-ethyl adjacent to an activating group) is 1. The maximum Gasteiger partial charge on any atom is 0.216 e. The van der Waals surface area contributed by atoms with Crippen LogP contribution in [0.5, 0.6) is 0 Å². The Kier molecular flexibility index (Phi) is 2.18. The van der Waals surface area contributed by atoms with Crippen LogP contribution in [0.15, 0.2) is 0 Å². The molecule has 0 heterocycles. The van der Waals surface area contributed by atoms with E-state index in [2.05, 4.69) is 24.3 Å². The largest absolute Gasteiger partial charge is 0.354 e. The molecule has 0 bridgehead atoms. The molecule has 1 amide bonds. The van der Waals surface area contributed by atoms with E-state index < -0.39 is 0 Å². The highest BCUT2D eigenvalue weighted by Gasteiger charge is 2.44. The Bertz CT molecular complexity index is 161. The van der Waals surface area contributed by atoms with Crippen LogP contribution in [0.2, 0.25) is 0 Å². The van der Waals surface area contributed by atoms with Gasteiger partial charge >= 0.3 is 0 Å². The third kappa shape index (κ3) is 1.93. The number of nitrogens with zero attached hydrogens (tertiary/aromatic N) is 1. The lowest BCUT2D eigenvalue weighted by Crippen LogP contribution is -2.41. The second kappa shape index (κ2) is 2.81. The third-order valence-electron chi connectivity index (χ3n) is 2.44. The van der Waals surface area contributed by atoms with Crippen molar-refractivity contribution in [3.8, 4) is 0 Å². The molecule has 1 aliphatic rings. The lowest BCUT2D eigenvalue weighted by atomic mass is 10.2. The van der Waals surface area contributed by atoms with E-state index in [1.807, 2.05) is 0 Å². The number of hydrogen-bond donors (Lipinski definition) is 1. The smallest absolute Gasteiger partial charge is 0.216 e. The molecule has 11 heavy (non-hydrogen) atoms. The van der Waals surface area contributed by atoms with Crippen molar-refractivity contribution in [3.63, 3.8) is 0 Å². The second-order valence-corrected chi connectivity index (χ2v) is 3.53. The van der Waals surface area contributed by atoms with Crippen LogP contribution in [0.25, 0.3) is 0 Å². The summed E-state index contributed by atoms with van der Waals surface area (Å²) in [5.41, 5.74) is 0.283. The molecule has 0 unspecified atom stereocenters. The Morgan fingerprint density at radius 1 is 1.55 bits per heavy atom. The fourth-order valence-electron chi connectivity index (χ4n) is 1.22. The van der Waals surface area contributed by atoms with Crippen LogP contribution >= 0.6 is 0 Å². The Balaban J connectivity index is 2.30. The Morgan fingerprint density at radius 2 is 2.09 bits per heavy atom. The molecule has 0 spiro atoms. The second-order valence-electron chi connectivity index (χ2n) is 3.53. The van der Waals surface area contributed by atoms with Crippen LogP contribution in [-0.2, 0) is 4.79 Å². The van der Waals surface area contributed by atoms with E-state index in [4.69, 9.17) is 0 Å². The monoisotopic (exact) mass is 156 g/mol. The summed E-state index contributed by atoms with van der Waals surface area (Å²) in [7, 11) is 4.13. The molecule has 1 aliphatic carbocycles. The lowest BCUT2D eigenvalue weighted by molar-refractivity contribution is -0.119. The van der Waals surface area contributed by atoms with Gasteiger partial charge in [-0.05, 0) is 26.9 Å². The normalized spacial score (nSPS) is 20.0. The van der Waals surface area contributed by atoms with Gasteiger partial charge in [0, 0.05) is 19.0 Å². The first kappa shape index (κ1) is 8.53. The van der Waals surface area contributed by atoms with Gasteiger partial charge in [0.05, 0.1) is 0 Å². The predicted molar refractivity (Wildman–Crippen MR) is 44.3 cm³/mol. The van der Waals surface area contributed by atoms with Gasteiger partial charge in [0.25, 0.3) is 0 Å². The average Bonchev–Trinajstić information content (AvgIpc) is 2.63. The van der Waals surface area contributed by atoms with E-state index in [-0.39, 0.29) is 11.4 Å². The molecular weight excluding hydrogens is 140 g/mol. The number of amides is 1. The topological polar surface area (TPSA) is 32.3 Å². The summed E-state index contributed by atoms with van der Waals surface area (Å²) < 4.78 is 0. The van der Waals surface area contributed by atoms with Gasteiger partial charge in [-0.1, -0.05) is 0 Å². The van der Waals surface area contributed by atoms with Crippen LogP contribution in [0.1, 0.15) is 19.8 Å². The molecule has 1 saturated carbocycles. The average molecular weight is 156 g/mol. The molecule has 1 rings (SSSR count). The van der Waals surface area contributed by atoms with E-state index in [0.717, 1.165) is 6.54 Å². The van der Waals surface area contributed by atoms with Gasteiger partial charge < -0.3 is 10.2 Å². The van der Waals surface area contributed by atoms with Crippen LogP contribution in [0.3, 0.4) is 0 Å². The minimum Gasteiger partial charge on any atom is -0.354 e. The van der Waals surface area contributed by atoms with Crippen LogP contribution in [-0.4, -0.2) is 37.0 Å². The molecular formula is C8H16N2O. The number of hydrogen-bond acceptors (Lipinski definition) is 2. The van der Waals surface area contributed by atoms with Gasteiger partial charge in [-0.2, -0.15) is 0 Å². The van der Waals surface area contributed by atoms with Crippen molar-refractivity contribution >= 4 is 5.91 Å². The molecule has 0 saturated heterocycles. The molecule has 3 heteroatoms. The molecule has 0 aliphatic heterocycles. The van der Waals surface area contributed by atoms with Gasteiger partial charge in [0.1, 0.15) is 0 Å². The quantitative estimate of drug-likeness (QED) is 0.634. The number of nitrogens with one attached hydrogen (secondary N) is 1. The highest BCUT2D eigenvalue weighted by molar-refractivity contribution is 5.72. The standard InChI is InChI=1S/C8H16N2O/c1-7(11)9-6-8(4-5-8)10(2)3/h4-6H2,1-3H3,(H,9,11). The molecule has 0 aromatic heterocycles. The number of carbonyl (C=O) groups excluding carboxylic acids is 1.